The van der Waals surface area contributed by atoms with Gasteiger partial charge >= 0.3 is 5.97 Å². The number of amides is 1. The highest BCUT2D eigenvalue weighted by Crippen LogP contribution is 2.18. The number of esters is 1. The first kappa shape index (κ1) is 16.5. The summed E-state index contributed by atoms with van der Waals surface area (Å²) >= 11 is 1.31. The number of nitrogens with zero attached hydrogens (tertiary/aromatic N) is 1. The number of aromatic nitrogens is 1. The molecule has 1 aromatic rings. The average Bonchev–Trinajstić information content (AvgIpc) is 3.16. The van der Waals surface area contributed by atoms with Crippen molar-refractivity contribution in [2.45, 2.75) is 44.8 Å². The molecular weight excluding hydrogens is 302 g/mol. The van der Waals surface area contributed by atoms with Gasteiger partial charge in [-0.1, -0.05) is 18.9 Å². The van der Waals surface area contributed by atoms with Crippen LogP contribution in [0.5, 0.6) is 0 Å². The van der Waals surface area contributed by atoms with E-state index in [1.54, 1.807) is 18.4 Å². The van der Waals surface area contributed by atoms with Gasteiger partial charge in [-0.05, 0) is 19.8 Å². The van der Waals surface area contributed by atoms with Gasteiger partial charge < -0.3 is 15.4 Å². The highest BCUT2D eigenvalue weighted by atomic mass is 32.1. The molecule has 1 atom stereocenters. The van der Waals surface area contributed by atoms with Crippen molar-refractivity contribution < 1.29 is 14.3 Å². The van der Waals surface area contributed by atoms with Crippen LogP contribution < -0.4 is 10.6 Å². The SMILES string of the molecule is C=CCNc1nc(C(=O)O[C@@H](C)C(=O)NC2CCCC2)cs1. The van der Waals surface area contributed by atoms with E-state index in [4.69, 9.17) is 4.74 Å². The Morgan fingerprint density at radius 1 is 1.55 bits per heavy atom. The first-order chi connectivity index (χ1) is 10.6. The average molecular weight is 323 g/mol. The van der Waals surface area contributed by atoms with E-state index in [0.717, 1.165) is 25.7 Å². The summed E-state index contributed by atoms with van der Waals surface area (Å²) in [6, 6.07) is 0.211. The van der Waals surface area contributed by atoms with Crippen molar-refractivity contribution in [3.05, 3.63) is 23.7 Å². The van der Waals surface area contributed by atoms with Gasteiger partial charge in [0.05, 0.1) is 0 Å². The van der Waals surface area contributed by atoms with E-state index in [-0.39, 0.29) is 17.6 Å². The Hall–Kier alpha value is -1.89. The van der Waals surface area contributed by atoms with E-state index >= 15 is 0 Å². The van der Waals surface area contributed by atoms with Gasteiger partial charge in [0.1, 0.15) is 0 Å². The summed E-state index contributed by atoms with van der Waals surface area (Å²) in [6.07, 6.45) is 5.15. The first-order valence-corrected chi connectivity index (χ1v) is 8.29. The van der Waals surface area contributed by atoms with Crippen LogP contribution in [0.4, 0.5) is 5.13 Å². The molecule has 2 N–H and O–H groups in total. The highest BCUT2D eigenvalue weighted by molar-refractivity contribution is 7.13. The number of nitrogens with one attached hydrogen (secondary N) is 2. The molecular formula is C15H21N3O3S. The third kappa shape index (κ3) is 4.56. The predicted octanol–water partition coefficient (Wildman–Crippen LogP) is 2.35. The van der Waals surface area contributed by atoms with Crippen LogP contribution in [-0.4, -0.2) is 35.6 Å². The summed E-state index contributed by atoms with van der Waals surface area (Å²) in [5.74, 6) is -0.836. The minimum Gasteiger partial charge on any atom is -0.448 e. The topological polar surface area (TPSA) is 80.3 Å². The molecule has 2 rings (SSSR count). The third-order valence-electron chi connectivity index (χ3n) is 3.47. The number of carbonyl (C=O) groups is 2. The summed E-state index contributed by atoms with van der Waals surface area (Å²) < 4.78 is 5.17. The van der Waals surface area contributed by atoms with Crippen LogP contribution in [0.25, 0.3) is 0 Å². The van der Waals surface area contributed by atoms with Crippen molar-refractivity contribution in [2.75, 3.05) is 11.9 Å². The summed E-state index contributed by atoms with van der Waals surface area (Å²) in [5.41, 5.74) is 0.206. The second kappa shape index (κ2) is 7.93. The molecule has 0 spiro atoms. The van der Waals surface area contributed by atoms with Gasteiger partial charge in [0.15, 0.2) is 16.9 Å². The Morgan fingerprint density at radius 2 is 2.27 bits per heavy atom. The van der Waals surface area contributed by atoms with Crippen LogP contribution in [0.1, 0.15) is 43.1 Å². The number of rotatable bonds is 7. The first-order valence-electron chi connectivity index (χ1n) is 7.42. The monoisotopic (exact) mass is 323 g/mol. The van der Waals surface area contributed by atoms with Gasteiger partial charge in [0, 0.05) is 18.0 Å². The van der Waals surface area contributed by atoms with E-state index in [0.29, 0.717) is 11.7 Å². The Balaban J connectivity index is 1.83. The van der Waals surface area contributed by atoms with Gasteiger partial charge in [-0.3, -0.25) is 4.79 Å². The fourth-order valence-electron chi connectivity index (χ4n) is 2.27. The van der Waals surface area contributed by atoms with Crippen LogP contribution in [0.2, 0.25) is 0 Å². The second-order valence-corrected chi connectivity index (χ2v) is 6.10. The molecule has 1 heterocycles. The van der Waals surface area contributed by atoms with Crippen molar-refractivity contribution in [3.63, 3.8) is 0 Å². The van der Waals surface area contributed by atoms with Gasteiger partial charge in [0.2, 0.25) is 0 Å². The number of anilines is 1. The maximum absolute atomic E-state index is 12.0. The van der Waals surface area contributed by atoms with Crippen molar-refractivity contribution in [2.24, 2.45) is 0 Å². The minimum absolute atomic E-state index is 0.206. The zero-order chi connectivity index (χ0) is 15.9. The Labute approximate surface area is 134 Å². The summed E-state index contributed by atoms with van der Waals surface area (Å²) in [4.78, 5) is 28.1. The molecule has 1 aliphatic carbocycles. The second-order valence-electron chi connectivity index (χ2n) is 5.24. The molecule has 0 aliphatic heterocycles. The molecule has 1 aromatic heterocycles. The summed E-state index contributed by atoms with van der Waals surface area (Å²) in [7, 11) is 0. The van der Waals surface area contributed by atoms with Crippen molar-refractivity contribution in [3.8, 4) is 0 Å². The van der Waals surface area contributed by atoms with Gasteiger partial charge in [-0.15, -0.1) is 17.9 Å². The van der Waals surface area contributed by atoms with Crippen molar-refractivity contribution in [1.29, 1.82) is 0 Å². The molecule has 0 unspecified atom stereocenters. The number of ether oxygens (including phenoxy) is 1. The molecule has 0 radical (unpaired) electrons. The lowest BCUT2D eigenvalue weighted by Gasteiger charge is -2.16. The fraction of sp³-hybridized carbons (Fsp3) is 0.533. The van der Waals surface area contributed by atoms with E-state index in [2.05, 4.69) is 22.2 Å². The quantitative estimate of drug-likeness (QED) is 0.595. The summed E-state index contributed by atoms with van der Waals surface area (Å²) in [5, 5.41) is 8.13. The maximum Gasteiger partial charge on any atom is 0.358 e. The smallest absolute Gasteiger partial charge is 0.358 e. The molecule has 0 saturated heterocycles. The molecule has 120 valence electrons. The van der Waals surface area contributed by atoms with Crippen LogP contribution in [-0.2, 0) is 9.53 Å². The maximum atomic E-state index is 12.0. The van der Waals surface area contributed by atoms with Crippen molar-refractivity contribution >= 4 is 28.3 Å². The van der Waals surface area contributed by atoms with E-state index in [1.165, 1.54) is 11.3 Å². The fourth-order valence-corrected chi connectivity index (χ4v) is 2.96. The van der Waals surface area contributed by atoms with Crippen LogP contribution in [0.15, 0.2) is 18.0 Å². The number of hydrogen-bond acceptors (Lipinski definition) is 6. The Kier molecular flexibility index (Phi) is 5.94. The van der Waals surface area contributed by atoms with Gasteiger partial charge in [-0.25, -0.2) is 9.78 Å². The normalized spacial score (nSPS) is 16.0. The number of thiazole rings is 1. The summed E-state index contributed by atoms with van der Waals surface area (Å²) in [6.45, 7) is 5.74. The van der Waals surface area contributed by atoms with Crippen molar-refractivity contribution in [1.82, 2.24) is 10.3 Å². The van der Waals surface area contributed by atoms with Crippen LogP contribution in [0.3, 0.4) is 0 Å². The molecule has 1 amide bonds. The molecule has 22 heavy (non-hydrogen) atoms. The highest BCUT2D eigenvalue weighted by Gasteiger charge is 2.24. The van der Waals surface area contributed by atoms with E-state index < -0.39 is 12.1 Å². The zero-order valence-corrected chi connectivity index (χ0v) is 13.4. The largest absolute Gasteiger partial charge is 0.448 e. The molecule has 0 bridgehead atoms. The van der Waals surface area contributed by atoms with E-state index in [1.807, 2.05) is 0 Å². The van der Waals surface area contributed by atoms with Crippen LogP contribution >= 0.6 is 11.3 Å². The lowest BCUT2D eigenvalue weighted by molar-refractivity contribution is -0.129. The third-order valence-corrected chi connectivity index (χ3v) is 4.27. The zero-order valence-electron chi connectivity index (χ0n) is 12.6. The predicted molar refractivity (Wildman–Crippen MR) is 86.1 cm³/mol. The molecule has 1 fully saturated rings. The molecule has 7 heteroatoms. The molecule has 1 saturated carbocycles. The molecule has 6 nitrogen and oxygen atoms in total. The molecule has 1 aliphatic rings. The van der Waals surface area contributed by atoms with Crippen LogP contribution in [0, 0.1) is 0 Å². The van der Waals surface area contributed by atoms with E-state index in [9.17, 15) is 9.59 Å². The number of carbonyl (C=O) groups excluding carboxylic acids is 2. The Morgan fingerprint density at radius 3 is 2.95 bits per heavy atom. The lowest BCUT2D eigenvalue weighted by atomic mass is 10.2. The van der Waals surface area contributed by atoms with Gasteiger partial charge in [-0.2, -0.15) is 0 Å². The number of hydrogen-bond donors (Lipinski definition) is 2. The lowest BCUT2D eigenvalue weighted by Crippen LogP contribution is -2.40. The standard InChI is InChI=1S/C15H21N3O3S/c1-3-8-16-15-18-12(9-22-15)14(20)21-10(2)13(19)17-11-6-4-5-7-11/h3,9-11H,1,4-8H2,2H3,(H,16,18)(H,17,19)/t10-/m0/s1. The Bertz CT molecular complexity index is 538. The molecule has 0 aromatic carbocycles. The van der Waals surface area contributed by atoms with Gasteiger partial charge in [0.25, 0.3) is 5.91 Å². The minimum atomic E-state index is -0.820.